The summed E-state index contributed by atoms with van der Waals surface area (Å²) in [6.07, 6.45) is 0. The van der Waals surface area contributed by atoms with E-state index in [2.05, 4.69) is 0 Å². The molecule has 9 heavy (non-hydrogen) atoms. The molecule has 0 spiro atoms. The molecule has 4 nitrogen and oxygen atoms in total. The van der Waals surface area contributed by atoms with Gasteiger partial charge in [0.25, 0.3) is 0 Å². The Labute approximate surface area is 106 Å². The van der Waals surface area contributed by atoms with Crippen LogP contribution >= 0.6 is 0 Å². The molecule has 0 aliphatic rings. The molecule has 56 valence electrons. The van der Waals surface area contributed by atoms with Crippen LogP contribution in [0.4, 0.5) is 4.70 Å². The van der Waals surface area contributed by atoms with E-state index < -0.39 is 9.05 Å². The third-order valence-electron chi connectivity index (χ3n) is 0. The van der Waals surface area contributed by atoms with E-state index in [1.54, 1.807) is 0 Å². The van der Waals surface area contributed by atoms with E-state index in [-0.39, 0.29) is 79.4 Å². The van der Waals surface area contributed by atoms with Gasteiger partial charge in [-0.3, -0.25) is 4.70 Å². The predicted molar refractivity (Wildman–Crippen MR) is 45.6 cm³/mol. The molecule has 0 aromatic carbocycles. The van der Waals surface area contributed by atoms with Crippen molar-refractivity contribution >= 4 is 83.7 Å². The summed E-state index contributed by atoms with van der Waals surface area (Å²) < 4.78 is 0. The molecule has 0 unspecified atom stereocenters. The summed E-state index contributed by atoms with van der Waals surface area (Å²) in [6.45, 7) is 0. The van der Waals surface area contributed by atoms with Gasteiger partial charge in [-0.25, -0.2) is 0 Å². The van der Waals surface area contributed by atoms with E-state index in [4.69, 9.17) is 19.2 Å². The monoisotopic (exact) mass is 300 g/mol. The quantitative estimate of drug-likeness (QED) is 0.336. The summed E-state index contributed by atoms with van der Waals surface area (Å²) in [5, 5.41) is 0. The fourth-order valence-electron chi connectivity index (χ4n) is 0. The van der Waals surface area contributed by atoms with Crippen molar-refractivity contribution in [2.45, 2.75) is 0 Å². The van der Waals surface area contributed by atoms with Crippen molar-refractivity contribution < 1.29 is 23.9 Å². The van der Waals surface area contributed by atoms with Crippen LogP contribution in [0.15, 0.2) is 0 Å². The van der Waals surface area contributed by atoms with Crippen molar-refractivity contribution in [3.8, 4) is 0 Å². The fourth-order valence-corrected chi connectivity index (χ4v) is 0. The first-order valence-corrected chi connectivity index (χ1v) is 2.68. The average molecular weight is 299 g/mol. The van der Waals surface area contributed by atoms with Crippen LogP contribution in [-0.4, -0.2) is 103 Å². The van der Waals surface area contributed by atoms with Crippen molar-refractivity contribution in [2.75, 3.05) is 0 Å². The van der Waals surface area contributed by atoms with Crippen LogP contribution in [0.2, 0.25) is 0 Å². The molecule has 4 N–H and O–H groups in total. The number of halogens is 1. The molecule has 0 aliphatic heterocycles. The molecule has 0 aromatic rings. The molecule has 0 saturated heterocycles. The van der Waals surface area contributed by atoms with Gasteiger partial charge in [0.05, 0.1) is 8.41 Å². The van der Waals surface area contributed by atoms with E-state index in [0.717, 1.165) is 0 Å². The van der Waals surface area contributed by atoms with Crippen molar-refractivity contribution in [2.24, 2.45) is 0 Å². The van der Waals surface area contributed by atoms with Crippen molar-refractivity contribution in [1.29, 1.82) is 0 Å². The molecule has 0 radical (unpaired) electrons. The minimum absolute atomic E-state index is 0. The SMILES string of the molecule is B.F.O[Si](O)(O)O.[AlH3].[BaH2]. The summed E-state index contributed by atoms with van der Waals surface area (Å²) in [4.78, 5) is 29.3. The second-order valence-electron chi connectivity index (χ2n) is 0.600. The van der Waals surface area contributed by atoms with E-state index in [1.165, 1.54) is 0 Å². The Morgan fingerprint density at radius 1 is 0.889 bits per heavy atom. The number of hydrogen-bond donors (Lipinski definition) is 4. The topological polar surface area (TPSA) is 80.9 Å². The summed E-state index contributed by atoms with van der Waals surface area (Å²) in [7, 11) is -4.61. The molecule has 0 heterocycles. The molecular weight excluding hydrogens is 286 g/mol. The van der Waals surface area contributed by atoms with Gasteiger partial charge in [0.2, 0.25) is 0 Å². The Morgan fingerprint density at radius 3 is 0.889 bits per heavy atom. The molecule has 0 amide bonds. The van der Waals surface area contributed by atoms with Crippen LogP contribution in [0, 0.1) is 0 Å². The molecule has 0 fully saturated rings. The van der Waals surface area contributed by atoms with Gasteiger partial charge in [-0.1, -0.05) is 0 Å². The summed E-state index contributed by atoms with van der Waals surface area (Å²) in [6, 6.07) is 0. The van der Waals surface area contributed by atoms with E-state index in [0.29, 0.717) is 0 Å². The van der Waals surface area contributed by atoms with Crippen molar-refractivity contribution in [3.63, 3.8) is 0 Å². The van der Waals surface area contributed by atoms with Crippen LogP contribution in [0.5, 0.6) is 0 Å². The third kappa shape index (κ3) is 145. The normalized spacial score (nSPS) is 6.67. The molecule has 0 atom stereocenters. The van der Waals surface area contributed by atoms with Gasteiger partial charge in [0, 0.05) is 0 Å². The first-order chi connectivity index (χ1) is 2.00. The Kier molecular flexibility index (Phi) is 43.2. The van der Waals surface area contributed by atoms with Gasteiger partial charge >= 0.3 is 57.9 Å². The first kappa shape index (κ1) is 30.4. The summed E-state index contributed by atoms with van der Waals surface area (Å²) in [5.41, 5.74) is 0. The second kappa shape index (κ2) is 12.8. The van der Waals surface area contributed by atoms with E-state index in [9.17, 15) is 0 Å². The minimum atomic E-state index is -4.61. The van der Waals surface area contributed by atoms with Gasteiger partial charge in [-0.15, -0.1) is 0 Å². The second-order valence-corrected chi connectivity index (χ2v) is 1.80. The molecule has 0 aromatic heterocycles. The van der Waals surface area contributed by atoms with Gasteiger partial charge in [-0.2, -0.15) is 0 Å². The first-order valence-electron chi connectivity index (χ1n) is 0.894. The van der Waals surface area contributed by atoms with Gasteiger partial charge in [0.1, 0.15) is 0 Å². The third-order valence-corrected chi connectivity index (χ3v) is 0. The van der Waals surface area contributed by atoms with Crippen LogP contribution in [0.1, 0.15) is 0 Å². The zero-order valence-electron chi connectivity index (χ0n) is 2.70. The zero-order chi connectivity index (χ0) is 4.50. The molecule has 9 heteroatoms. The van der Waals surface area contributed by atoms with Crippen molar-refractivity contribution in [1.82, 2.24) is 0 Å². The molecule has 0 aliphatic carbocycles. The molecule has 0 rings (SSSR count). The fraction of sp³-hybridized carbons (Fsp3) is 0. The maximum atomic E-state index is 7.33. The van der Waals surface area contributed by atoms with Gasteiger partial charge in [0.15, 0.2) is 17.4 Å². The Morgan fingerprint density at radius 2 is 0.889 bits per heavy atom. The number of hydrogen-bond acceptors (Lipinski definition) is 4. The Bertz CT molecular complexity index is 36.0. The number of rotatable bonds is 0. The van der Waals surface area contributed by atoms with Crippen LogP contribution in [-0.2, 0) is 0 Å². The maximum absolute atomic E-state index is 7.33. The Balaban J connectivity index is -0.0000000133. The van der Waals surface area contributed by atoms with Gasteiger partial charge in [-0.05, 0) is 0 Å². The predicted octanol–water partition coefficient (Wildman–Crippen LogP) is -5.74. The summed E-state index contributed by atoms with van der Waals surface area (Å²) >= 11 is 0. The van der Waals surface area contributed by atoms with Crippen molar-refractivity contribution in [3.05, 3.63) is 0 Å². The molecule has 0 saturated carbocycles. The van der Waals surface area contributed by atoms with Crippen LogP contribution in [0.3, 0.4) is 0 Å². The van der Waals surface area contributed by atoms with E-state index in [1.807, 2.05) is 0 Å². The average Bonchev–Trinajstić information content (AvgIpc) is 0.722. The standard InChI is InChI=1S/Al.BH3.Ba.FH.H4O4Si.5H/c;;;;1-5(2,3)4;;;;;/h;1H3;;1H;1-4H;;;;;. The zero-order valence-corrected chi connectivity index (χ0v) is 3.70. The molecule has 0 bridgehead atoms. The summed E-state index contributed by atoms with van der Waals surface area (Å²) in [5.74, 6) is 0. The Hall–Kier alpha value is 2.16. The van der Waals surface area contributed by atoms with Crippen LogP contribution < -0.4 is 0 Å². The van der Waals surface area contributed by atoms with Gasteiger partial charge < -0.3 is 19.2 Å². The van der Waals surface area contributed by atoms with Crippen LogP contribution in [0.25, 0.3) is 0 Å². The van der Waals surface area contributed by atoms with E-state index >= 15 is 0 Å². The molecular formula is H13AlBBaFO4Si.